The Morgan fingerprint density at radius 2 is 1.89 bits per heavy atom. The first kappa shape index (κ1) is 13.6. The largest absolute Gasteiger partial charge is 0.496 e. The molecule has 0 saturated carbocycles. The van der Waals surface area contributed by atoms with Crippen LogP contribution in [0.25, 0.3) is 0 Å². The van der Waals surface area contributed by atoms with Crippen LogP contribution in [-0.4, -0.2) is 12.2 Å². The van der Waals surface area contributed by atoms with E-state index < -0.39 is 6.10 Å². The highest BCUT2D eigenvalue weighted by molar-refractivity contribution is 9.10. The highest BCUT2D eigenvalue weighted by atomic mass is 79.9. The molecule has 0 aliphatic heterocycles. The van der Waals surface area contributed by atoms with Crippen molar-refractivity contribution in [3.63, 3.8) is 0 Å². The topological polar surface area (TPSA) is 29.5 Å². The number of rotatable bonds is 3. The van der Waals surface area contributed by atoms with Crippen LogP contribution in [0.5, 0.6) is 5.75 Å². The minimum Gasteiger partial charge on any atom is -0.496 e. The van der Waals surface area contributed by atoms with Gasteiger partial charge in [-0.1, -0.05) is 15.9 Å². The van der Waals surface area contributed by atoms with Gasteiger partial charge in [-0.15, -0.1) is 0 Å². The van der Waals surface area contributed by atoms with Crippen LogP contribution in [0.3, 0.4) is 0 Å². The van der Waals surface area contributed by atoms with Gasteiger partial charge in [0, 0.05) is 10.0 Å². The molecular formula is C14H15BrO2S. The smallest absolute Gasteiger partial charge is 0.125 e. The summed E-state index contributed by atoms with van der Waals surface area (Å²) < 4.78 is 6.34. The fourth-order valence-corrected chi connectivity index (χ4v) is 3.11. The second-order valence-electron chi connectivity index (χ2n) is 4.26. The van der Waals surface area contributed by atoms with Crippen molar-refractivity contribution in [1.82, 2.24) is 0 Å². The Bertz CT molecular complexity index is 563. The first-order chi connectivity index (χ1) is 8.54. The molecule has 0 radical (unpaired) electrons. The fourth-order valence-electron chi connectivity index (χ4n) is 1.88. The predicted molar refractivity (Wildman–Crippen MR) is 78.5 cm³/mol. The predicted octanol–water partition coefficient (Wildman–Crippen LogP) is 4.22. The molecule has 0 fully saturated rings. The van der Waals surface area contributed by atoms with Gasteiger partial charge in [-0.3, -0.25) is 0 Å². The normalized spacial score (nSPS) is 12.5. The molecule has 18 heavy (non-hydrogen) atoms. The first-order valence-corrected chi connectivity index (χ1v) is 7.33. The molecule has 2 nitrogen and oxygen atoms in total. The Kier molecular flexibility index (Phi) is 4.10. The second-order valence-corrected chi connectivity index (χ2v) is 5.85. The monoisotopic (exact) mass is 326 g/mol. The van der Waals surface area contributed by atoms with Crippen molar-refractivity contribution in [3.8, 4) is 5.75 Å². The maximum atomic E-state index is 10.5. The molecule has 0 bridgehead atoms. The summed E-state index contributed by atoms with van der Waals surface area (Å²) in [5, 5.41) is 14.5. The standard InChI is InChI=1S/C14H15BrO2S/c1-8-4-13(17-3)10(5-12(8)15)14(16)11-7-18-6-9(11)2/h4-7,14,16H,1-3H3. The zero-order chi connectivity index (χ0) is 13.3. The molecule has 0 amide bonds. The van der Waals surface area contributed by atoms with Crippen molar-refractivity contribution in [2.75, 3.05) is 7.11 Å². The molecule has 1 unspecified atom stereocenters. The number of thiophene rings is 1. The van der Waals surface area contributed by atoms with Crippen LogP contribution >= 0.6 is 27.3 Å². The van der Waals surface area contributed by atoms with E-state index in [1.165, 1.54) is 0 Å². The number of hydrogen-bond donors (Lipinski definition) is 1. The van der Waals surface area contributed by atoms with Crippen molar-refractivity contribution in [2.45, 2.75) is 20.0 Å². The average molecular weight is 327 g/mol. The third-order valence-corrected chi connectivity index (χ3v) is 4.73. The summed E-state index contributed by atoms with van der Waals surface area (Å²) in [7, 11) is 1.62. The Hall–Kier alpha value is -0.840. The average Bonchev–Trinajstić information content (AvgIpc) is 2.77. The summed E-state index contributed by atoms with van der Waals surface area (Å²) in [6, 6.07) is 3.86. The summed E-state index contributed by atoms with van der Waals surface area (Å²) in [4.78, 5) is 0. The van der Waals surface area contributed by atoms with Gasteiger partial charge in [0.25, 0.3) is 0 Å². The lowest BCUT2D eigenvalue weighted by atomic mass is 9.99. The number of methoxy groups -OCH3 is 1. The molecule has 0 saturated heterocycles. The van der Waals surface area contributed by atoms with Crippen molar-refractivity contribution < 1.29 is 9.84 Å². The zero-order valence-corrected chi connectivity index (χ0v) is 12.9. The van der Waals surface area contributed by atoms with Crippen molar-refractivity contribution in [3.05, 3.63) is 49.6 Å². The van der Waals surface area contributed by atoms with E-state index in [9.17, 15) is 5.11 Å². The Labute approximate surface area is 119 Å². The van der Waals surface area contributed by atoms with Crippen LogP contribution in [0, 0.1) is 13.8 Å². The molecule has 2 rings (SSSR count). The van der Waals surface area contributed by atoms with Gasteiger partial charge in [0.05, 0.1) is 7.11 Å². The minimum atomic E-state index is -0.650. The van der Waals surface area contributed by atoms with Crippen LogP contribution < -0.4 is 4.74 Å². The maximum Gasteiger partial charge on any atom is 0.125 e. The number of ether oxygens (including phenoxy) is 1. The summed E-state index contributed by atoms with van der Waals surface area (Å²) in [6.45, 7) is 4.00. The number of hydrogen-bond acceptors (Lipinski definition) is 3. The quantitative estimate of drug-likeness (QED) is 0.915. The van der Waals surface area contributed by atoms with Crippen LogP contribution in [0.2, 0.25) is 0 Å². The summed E-state index contributed by atoms with van der Waals surface area (Å²) in [5.74, 6) is 0.716. The van der Waals surface area contributed by atoms with Gasteiger partial charge in [0.15, 0.2) is 0 Å². The van der Waals surface area contributed by atoms with E-state index in [0.29, 0.717) is 5.75 Å². The number of benzene rings is 1. The van der Waals surface area contributed by atoms with E-state index in [1.54, 1.807) is 18.4 Å². The molecule has 1 atom stereocenters. The van der Waals surface area contributed by atoms with Crippen molar-refractivity contribution in [2.24, 2.45) is 0 Å². The third kappa shape index (κ3) is 2.46. The van der Waals surface area contributed by atoms with E-state index in [1.807, 2.05) is 36.7 Å². The van der Waals surface area contributed by atoms with Gasteiger partial charge < -0.3 is 9.84 Å². The van der Waals surface area contributed by atoms with Crippen molar-refractivity contribution in [1.29, 1.82) is 0 Å². The number of aryl methyl sites for hydroxylation is 2. The molecule has 0 aliphatic carbocycles. The Morgan fingerprint density at radius 1 is 1.17 bits per heavy atom. The maximum absolute atomic E-state index is 10.5. The van der Waals surface area contributed by atoms with Gasteiger partial charge >= 0.3 is 0 Å². The van der Waals surface area contributed by atoms with E-state index >= 15 is 0 Å². The summed E-state index contributed by atoms with van der Waals surface area (Å²) in [6.07, 6.45) is -0.650. The molecule has 0 aliphatic rings. The van der Waals surface area contributed by atoms with Crippen LogP contribution in [0.1, 0.15) is 28.4 Å². The highest BCUT2D eigenvalue weighted by Crippen LogP contribution is 2.36. The molecular weight excluding hydrogens is 312 g/mol. The van der Waals surface area contributed by atoms with Gasteiger partial charge in [-0.05, 0) is 53.4 Å². The third-order valence-electron chi connectivity index (χ3n) is 3.00. The lowest BCUT2D eigenvalue weighted by Crippen LogP contribution is -2.03. The van der Waals surface area contributed by atoms with Crippen LogP contribution in [0.4, 0.5) is 0 Å². The molecule has 96 valence electrons. The summed E-state index contributed by atoms with van der Waals surface area (Å²) >= 11 is 5.09. The van der Waals surface area contributed by atoms with Crippen LogP contribution in [0.15, 0.2) is 27.4 Å². The van der Waals surface area contributed by atoms with Crippen LogP contribution in [-0.2, 0) is 0 Å². The lowest BCUT2D eigenvalue weighted by Gasteiger charge is -2.16. The first-order valence-electron chi connectivity index (χ1n) is 5.59. The van der Waals surface area contributed by atoms with Gasteiger partial charge in [0.1, 0.15) is 11.9 Å². The molecule has 1 heterocycles. The Balaban J connectivity index is 2.50. The zero-order valence-electron chi connectivity index (χ0n) is 10.5. The van der Waals surface area contributed by atoms with Crippen molar-refractivity contribution >= 4 is 27.3 Å². The minimum absolute atomic E-state index is 0.650. The summed E-state index contributed by atoms with van der Waals surface area (Å²) in [5.41, 5.74) is 3.92. The van der Waals surface area contributed by atoms with Gasteiger partial charge in [0.2, 0.25) is 0 Å². The van der Waals surface area contributed by atoms with Gasteiger partial charge in [-0.25, -0.2) is 0 Å². The Morgan fingerprint density at radius 3 is 2.44 bits per heavy atom. The molecule has 4 heteroatoms. The lowest BCUT2D eigenvalue weighted by molar-refractivity contribution is 0.214. The van der Waals surface area contributed by atoms with Gasteiger partial charge in [-0.2, -0.15) is 11.3 Å². The fraction of sp³-hybridized carbons (Fsp3) is 0.286. The molecule has 0 spiro atoms. The van der Waals surface area contributed by atoms with E-state index in [0.717, 1.165) is 26.7 Å². The van der Waals surface area contributed by atoms with E-state index in [2.05, 4.69) is 15.9 Å². The SMILES string of the molecule is COc1cc(C)c(Br)cc1C(O)c1cscc1C. The number of aliphatic hydroxyl groups excluding tert-OH is 1. The number of aliphatic hydroxyl groups is 1. The van der Waals surface area contributed by atoms with E-state index in [-0.39, 0.29) is 0 Å². The molecule has 1 aromatic heterocycles. The second kappa shape index (κ2) is 5.43. The molecule has 1 aromatic carbocycles. The molecule has 2 aromatic rings. The molecule has 1 N–H and O–H groups in total. The highest BCUT2D eigenvalue weighted by Gasteiger charge is 2.19. The van der Waals surface area contributed by atoms with E-state index in [4.69, 9.17) is 4.74 Å². The number of halogens is 1.